The Morgan fingerprint density at radius 3 is 2.80 bits per heavy atom. The predicted octanol–water partition coefficient (Wildman–Crippen LogP) is 0.511. The third kappa shape index (κ3) is 4.31. The molecule has 8 nitrogen and oxygen atoms in total. The van der Waals surface area contributed by atoms with Crippen molar-refractivity contribution in [3.63, 3.8) is 0 Å². The first kappa shape index (κ1) is 18.2. The zero-order valence-corrected chi connectivity index (χ0v) is 15.0. The van der Waals surface area contributed by atoms with Crippen molar-refractivity contribution in [2.75, 3.05) is 75.2 Å². The molecule has 0 amide bonds. The number of piperidine rings is 1. The third-order valence-electron chi connectivity index (χ3n) is 5.17. The van der Waals surface area contributed by atoms with Crippen molar-refractivity contribution in [1.82, 2.24) is 9.97 Å². The van der Waals surface area contributed by atoms with Crippen LogP contribution in [0.3, 0.4) is 0 Å². The summed E-state index contributed by atoms with van der Waals surface area (Å²) in [5.41, 5.74) is 5.90. The summed E-state index contributed by atoms with van der Waals surface area (Å²) in [5, 5.41) is 9.98. The van der Waals surface area contributed by atoms with Crippen molar-refractivity contribution in [3.8, 4) is 0 Å². The van der Waals surface area contributed by atoms with Crippen LogP contribution in [0, 0.1) is 5.41 Å². The molecule has 2 fully saturated rings. The van der Waals surface area contributed by atoms with E-state index in [9.17, 15) is 5.11 Å². The number of aliphatic hydroxyl groups excluding tert-OH is 1. The second-order valence-electron chi connectivity index (χ2n) is 6.98. The first-order valence-corrected chi connectivity index (χ1v) is 8.98. The van der Waals surface area contributed by atoms with E-state index < -0.39 is 0 Å². The van der Waals surface area contributed by atoms with Crippen molar-refractivity contribution in [2.45, 2.75) is 19.3 Å². The highest BCUT2D eigenvalue weighted by Crippen LogP contribution is 2.35. The van der Waals surface area contributed by atoms with Crippen molar-refractivity contribution in [1.29, 1.82) is 0 Å². The lowest BCUT2D eigenvalue weighted by atomic mass is 9.78. The molecule has 0 radical (unpaired) electrons. The van der Waals surface area contributed by atoms with E-state index in [4.69, 9.17) is 20.2 Å². The fraction of sp³-hybridized carbons (Fsp3) is 0.765. The van der Waals surface area contributed by atoms with E-state index in [0.29, 0.717) is 31.6 Å². The highest BCUT2D eigenvalue weighted by atomic mass is 16.5. The van der Waals surface area contributed by atoms with Crippen LogP contribution in [-0.4, -0.2) is 74.8 Å². The van der Waals surface area contributed by atoms with E-state index in [1.54, 1.807) is 7.11 Å². The van der Waals surface area contributed by atoms with Gasteiger partial charge in [-0.1, -0.05) is 0 Å². The molecule has 2 aliphatic rings. The van der Waals surface area contributed by atoms with E-state index in [0.717, 1.165) is 51.3 Å². The average Bonchev–Trinajstić information content (AvgIpc) is 2.67. The maximum atomic E-state index is 9.98. The summed E-state index contributed by atoms with van der Waals surface area (Å²) in [5.74, 6) is 1.97. The molecule has 0 saturated carbocycles. The summed E-state index contributed by atoms with van der Waals surface area (Å²) < 4.78 is 10.6. The van der Waals surface area contributed by atoms with Gasteiger partial charge in [-0.05, 0) is 19.3 Å². The molecule has 3 heterocycles. The highest BCUT2D eigenvalue weighted by molar-refractivity contribution is 5.53. The summed E-state index contributed by atoms with van der Waals surface area (Å²) in [6, 6.07) is 1.83. The van der Waals surface area contributed by atoms with Gasteiger partial charge in [0.2, 0.25) is 5.95 Å². The lowest BCUT2D eigenvalue weighted by Crippen LogP contribution is -2.46. The number of aliphatic hydroxyl groups is 1. The molecule has 25 heavy (non-hydrogen) atoms. The maximum Gasteiger partial charge on any atom is 0.229 e. The fourth-order valence-corrected chi connectivity index (χ4v) is 3.64. The Kier molecular flexibility index (Phi) is 5.93. The number of ether oxygens (including phenoxy) is 2. The molecule has 0 bridgehead atoms. The molecule has 3 rings (SSSR count). The molecule has 2 saturated heterocycles. The molecule has 1 aromatic heterocycles. The molecule has 0 unspecified atom stereocenters. The van der Waals surface area contributed by atoms with Crippen LogP contribution in [0.1, 0.15) is 19.3 Å². The Balaban J connectivity index is 1.79. The van der Waals surface area contributed by atoms with Gasteiger partial charge in [-0.25, -0.2) is 0 Å². The van der Waals surface area contributed by atoms with Crippen LogP contribution in [0.25, 0.3) is 0 Å². The molecule has 8 heteroatoms. The van der Waals surface area contributed by atoms with Gasteiger partial charge in [0, 0.05) is 51.4 Å². The quantitative estimate of drug-likeness (QED) is 0.765. The van der Waals surface area contributed by atoms with Gasteiger partial charge in [-0.15, -0.1) is 0 Å². The lowest BCUT2D eigenvalue weighted by Gasteiger charge is -2.42. The smallest absolute Gasteiger partial charge is 0.229 e. The van der Waals surface area contributed by atoms with Gasteiger partial charge in [0.25, 0.3) is 0 Å². The molecule has 140 valence electrons. The SMILES string of the molecule is COCC[C@]1(CO)CCCN(c2cc(N)nc(N3CCOCC3)n2)C1. The van der Waals surface area contributed by atoms with Crippen LogP contribution >= 0.6 is 0 Å². The minimum atomic E-state index is -0.146. The summed E-state index contributed by atoms with van der Waals surface area (Å²) in [6.07, 6.45) is 2.86. The molecule has 1 atom stereocenters. The molecule has 0 spiro atoms. The average molecular weight is 351 g/mol. The van der Waals surface area contributed by atoms with Gasteiger partial charge in [0.05, 0.1) is 19.8 Å². The van der Waals surface area contributed by atoms with E-state index >= 15 is 0 Å². The van der Waals surface area contributed by atoms with Crippen molar-refractivity contribution < 1.29 is 14.6 Å². The molecular weight excluding hydrogens is 322 g/mol. The Morgan fingerprint density at radius 2 is 2.08 bits per heavy atom. The zero-order chi connectivity index (χ0) is 17.7. The topological polar surface area (TPSA) is 97.0 Å². The molecular formula is C17H29N5O3. The highest BCUT2D eigenvalue weighted by Gasteiger charge is 2.35. The van der Waals surface area contributed by atoms with Gasteiger partial charge < -0.3 is 30.1 Å². The third-order valence-corrected chi connectivity index (χ3v) is 5.17. The van der Waals surface area contributed by atoms with Gasteiger partial charge in [-0.3, -0.25) is 0 Å². The van der Waals surface area contributed by atoms with Crippen LogP contribution in [-0.2, 0) is 9.47 Å². The van der Waals surface area contributed by atoms with E-state index in [1.807, 2.05) is 6.07 Å². The molecule has 3 N–H and O–H groups in total. The number of nitrogens with zero attached hydrogens (tertiary/aromatic N) is 4. The van der Waals surface area contributed by atoms with Crippen LogP contribution in [0.15, 0.2) is 6.07 Å². The number of hydrogen-bond acceptors (Lipinski definition) is 8. The maximum absolute atomic E-state index is 9.98. The van der Waals surface area contributed by atoms with Crippen molar-refractivity contribution in [3.05, 3.63) is 6.07 Å². The lowest BCUT2D eigenvalue weighted by molar-refractivity contribution is 0.0624. The first-order valence-electron chi connectivity index (χ1n) is 8.98. The van der Waals surface area contributed by atoms with Crippen LogP contribution in [0.2, 0.25) is 0 Å². The largest absolute Gasteiger partial charge is 0.396 e. The van der Waals surface area contributed by atoms with Crippen LogP contribution in [0.4, 0.5) is 17.6 Å². The van der Waals surface area contributed by atoms with Crippen molar-refractivity contribution in [2.24, 2.45) is 5.41 Å². The first-order chi connectivity index (χ1) is 12.2. The number of nitrogen functional groups attached to an aromatic ring is 1. The molecule has 0 aromatic carbocycles. The Morgan fingerprint density at radius 1 is 1.28 bits per heavy atom. The summed E-state index contributed by atoms with van der Waals surface area (Å²) >= 11 is 0. The number of morpholine rings is 1. The predicted molar refractivity (Wildman–Crippen MR) is 96.9 cm³/mol. The number of methoxy groups -OCH3 is 1. The van der Waals surface area contributed by atoms with Gasteiger partial charge in [0.15, 0.2) is 0 Å². The number of anilines is 3. The number of aromatic nitrogens is 2. The number of nitrogens with two attached hydrogens (primary N) is 1. The van der Waals surface area contributed by atoms with E-state index in [1.165, 1.54) is 0 Å². The van der Waals surface area contributed by atoms with Gasteiger partial charge in [0.1, 0.15) is 11.6 Å². The number of rotatable bonds is 6. The minimum Gasteiger partial charge on any atom is -0.396 e. The normalized spacial score (nSPS) is 24.6. The molecule has 2 aliphatic heterocycles. The second kappa shape index (κ2) is 8.16. The standard InChI is InChI=1S/C17H29N5O3/c1-24-8-4-17(13-23)3-2-5-22(12-17)15-11-14(18)19-16(20-15)21-6-9-25-10-7-21/h11,23H,2-10,12-13H2,1H3,(H2,18,19,20)/t17-/m1/s1. The summed E-state index contributed by atoms with van der Waals surface area (Å²) in [4.78, 5) is 13.5. The van der Waals surface area contributed by atoms with Gasteiger partial charge >= 0.3 is 0 Å². The summed E-state index contributed by atoms with van der Waals surface area (Å²) in [7, 11) is 1.70. The Bertz CT molecular complexity index is 567. The Labute approximate surface area is 148 Å². The number of hydrogen-bond donors (Lipinski definition) is 2. The van der Waals surface area contributed by atoms with E-state index in [2.05, 4.69) is 14.8 Å². The van der Waals surface area contributed by atoms with Gasteiger partial charge in [-0.2, -0.15) is 9.97 Å². The van der Waals surface area contributed by atoms with E-state index in [-0.39, 0.29) is 12.0 Å². The fourth-order valence-electron chi connectivity index (χ4n) is 3.64. The summed E-state index contributed by atoms with van der Waals surface area (Å²) in [6.45, 7) is 5.39. The van der Waals surface area contributed by atoms with Crippen LogP contribution in [0.5, 0.6) is 0 Å². The molecule has 0 aliphatic carbocycles. The minimum absolute atomic E-state index is 0.146. The second-order valence-corrected chi connectivity index (χ2v) is 6.98. The zero-order valence-electron chi connectivity index (χ0n) is 15.0. The Hall–Kier alpha value is -1.64. The van der Waals surface area contributed by atoms with Crippen LogP contribution < -0.4 is 15.5 Å². The van der Waals surface area contributed by atoms with Crippen molar-refractivity contribution >= 4 is 17.6 Å². The monoisotopic (exact) mass is 351 g/mol. The molecule has 1 aromatic rings.